The minimum absolute atomic E-state index is 0.00524. The predicted octanol–water partition coefficient (Wildman–Crippen LogP) is 2.09. The summed E-state index contributed by atoms with van der Waals surface area (Å²) in [6, 6.07) is 4.18. The van der Waals surface area contributed by atoms with Crippen LogP contribution in [0.1, 0.15) is 19.3 Å². The molecule has 0 atom stereocenters. The third-order valence-electron chi connectivity index (χ3n) is 2.45. The van der Waals surface area contributed by atoms with Crippen molar-refractivity contribution in [2.75, 3.05) is 4.90 Å². The number of phenols is 1. The van der Waals surface area contributed by atoms with Gasteiger partial charge in [0.15, 0.2) is 0 Å². The Kier molecular flexibility index (Phi) is 2.83. The second-order valence-corrected chi connectivity index (χ2v) is 4.02. The first-order chi connectivity index (χ1) is 7.59. The summed E-state index contributed by atoms with van der Waals surface area (Å²) < 4.78 is 0. The summed E-state index contributed by atoms with van der Waals surface area (Å²) in [5, 5.41) is 9.39. The summed E-state index contributed by atoms with van der Waals surface area (Å²) in [6.45, 7) is 0. The molecular weight excluding hydrogens is 230 g/mol. The summed E-state index contributed by atoms with van der Waals surface area (Å²) in [6.07, 6.45) is 1.29. The highest BCUT2D eigenvalue weighted by Crippen LogP contribution is 2.31. The Morgan fingerprint density at radius 3 is 2.38 bits per heavy atom. The van der Waals surface area contributed by atoms with Crippen molar-refractivity contribution in [3.63, 3.8) is 0 Å². The zero-order chi connectivity index (χ0) is 11.7. The van der Waals surface area contributed by atoms with Crippen molar-refractivity contribution in [1.82, 2.24) is 0 Å². The second-order valence-electron chi connectivity index (χ2n) is 3.61. The molecule has 0 radical (unpaired) electrons. The van der Waals surface area contributed by atoms with Crippen molar-refractivity contribution in [1.29, 1.82) is 0 Å². The maximum atomic E-state index is 11.6. The van der Waals surface area contributed by atoms with Crippen LogP contribution >= 0.6 is 11.6 Å². The van der Waals surface area contributed by atoms with Crippen molar-refractivity contribution in [2.45, 2.75) is 19.3 Å². The average Bonchev–Trinajstić information content (AvgIpc) is 2.20. The fourth-order valence-electron chi connectivity index (χ4n) is 1.70. The number of hydrogen-bond donors (Lipinski definition) is 1. The molecule has 1 aliphatic heterocycles. The Balaban J connectivity index is 2.42. The van der Waals surface area contributed by atoms with Crippen LogP contribution in [0.4, 0.5) is 5.69 Å². The highest BCUT2D eigenvalue weighted by Gasteiger charge is 2.28. The molecule has 0 aliphatic carbocycles. The van der Waals surface area contributed by atoms with E-state index in [0.717, 1.165) is 4.90 Å². The molecule has 1 heterocycles. The molecule has 2 amide bonds. The second kappa shape index (κ2) is 4.14. The molecule has 1 saturated heterocycles. The fourth-order valence-corrected chi connectivity index (χ4v) is 1.96. The predicted molar refractivity (Wildman–Crippen MR) is 59.5 cm³/mol. The lowest BCUT2D eigenvalue weighted by atomic mass is 10.1. The molecule has 0 saturated carbocycles. The normalized spacial score (nSPS) is 16.7. The number of rotatable bonds is 1. The van der Waals surface area contributed by atoms with Gasteiger partial charge in [0.1, 0.15) is 5.75 Å². The lowest BCUT2D eigenvalue weighted by Gasteiger charge is -2.25. The number of piperidine rings is 1. The molecule has 5 heteroatoms. The van der Waals surface area contributed by atoms with Gasteiger partial charge in [-0.15, -0.1) is 0 Å². The van der Waals surface area contributed by atoms with E-state index in [1.165, 1.54) is 18.2 Å². The van der Waals surface area contributed by atoms with E-state index >= 15 is 0 Å². The molecule has 1 aromatic rings. The standard InChI is InChI=1S/C11H10ClNO3/c12-8-6-7(14)4-5-9(8)13-10(15)2-1-3-11(13)16/h4-6,14H,1-3H2. The number of aromatic hydroxyl groups is 1. The van der Waals surface area contributed by atoms with Gasteiger partial charge in [-0.1, -0.05) is 11.6 Å². The maximum absolute atomic E-state index is 11.6. The van der Waals surface area contributed by atoms with Gasteiger partial charge in [-0.2, -0.15) is 0 Å². The van der Waals surface area contributed by atoms with Gasteiger partial charge in [0, 0.05) is 18.9 Å². The molecule has 4 nitrogen and oxygen atoms in total. The first-order valence-electron chi connectivity index (χ1n) is 4.94. The van der Waals surface area contributed by atoms with E-state index in [4.69, 9.17) is 11.6 Å². The molecule has 0 unspecified atom stereocenters. The Morgan fingerprint density at radius 1 is 1.19 bits per heavy atom. The number of halogens is 1. The average molecular weight is 240 g/mol. The van der Waals surface area contributed by atoms with Crippen molar-refractivity contribution in [2.24, 2.45) is 0 Å². The monoisotopic (exact) mass is 239 g/mol. The number of hydrogen-bond acceptors (Lipinski definition) is 3. The number of anilines is 1. The zero-order valence-electron chi connectivity index (χ0n) is 8.44. The highest BCUT2D eigenvalue weighted by atomic mass is 35.5. The first-order valence-corrected chi connectivity index (χ1v) is 5.31. The smallest absolute Gasteiger partial charge is 0.233 e. The summed E-state index contributed by atoms with van der Waals surface area (Å²) in [7, 11) is 0. The van der Waals surface area contributed by atoms with E-state index in [9.17, 15) is 14.7 Å². The third kappa shape index (κ3) is 1.88. The fraction of sp³-hybridized carbons (Fsp3) is 0.273. The molecule has 1 fully saturated rings. The van der Waals surface area contributed by atoms with E-state index in [2.05, 4.69) is 0 Å². The van der Waals surface area contributed by atoms with Crippen LogP contribution in [0.25, 0.3) is 0 Å². The summed E-state index contributed by atoms with van der Waals surface area (Å²) in [5.74, 6) is -0.488. The van der Waals surface area contributed by atoms with E-state index in [-0.39, 0.29) is 22.6 Å². The number of amides is 2. The Bertz CT molecular complexity index is 443. The van der Waals surface area contributed by atoms with Crippen LogP contribution in [0.5, 0.6) is 5.75 Å². The molecule has 2 rings (SSSR count). The van der Waals surface area contributed by atoms with Crippen LogP contribution in [0.2, 0.25) is 5.02 Å². The van der Waals surface area contributed by atoms with E-state index in [1.807, 2.05) is 0 Å². The number of carbonyl (C=O) groups excluding carboxylic acids is 2. The number of benzene rings is 1. The largest absolute Gasteiger partial charge is 0.508 e. The molecule has 0 spiro atoms. The number of carbonyl (C=O) groups is 2. The van der Waals surface area contributed by atoms with Gasteiger partial charge in [-0.05, 0) is 18.6 Å². The lowest BCUT2D eigenvalue weighted by Crippen LogP contribution is -2.40. The van der Waals surface area contributed by atoms with Crippen molar-refractivity contribution >= 4 is 29.1 Å². The number of imide groups is 1. The van der Waals surface area contributed by atoms with Gasteiger partial charge < -0.3 is 5.11 Å². The number of phenolic OH excluding ortho intramolecular Hbond substituents is 1. The molecule has 1 aliphatic rings. The molecule has 1 N–H and O–H groups in total. The van der Waals surface area contributed by atoms with Crippen LogP contribution in [0.3, 0.4) is 0 Å². The van der Waals surface area contributed by atoms with Gasteiger partial charge >= 0.3 is 0 Å². The minimum Gasteiger partial charge on any atom is -0.508 e. The first kappa shape index (κ1) is 11.0. The van der Waals surface area contributed by atoms with Crippen LogP contribution in [-0.4, -0.2) is 16.9 Å². The van der Waals surface area contributed by atoms with E-state index < -0.39 is 0 Å². The summed E-state index contributed by atoms with van der Waals surface area (Å²) in [4.78, 5) is 24.3. The molecule has 0 bridgehead atoms. The molecular formula is C11H10ClNO3. The van der Waals surface area contributed by atoms with Gasteiger partial charge in [-0.3, -0.25) is 9.59 Å². The quantitative estimate of drug-likeness (QED) is 0.764. The minimum atomic E-state index is -0.246. The van der Waals surface area contributed by atoms with Crippen molar-refractivity contribution in [3.8, 4) is 5.75 Å². The van der Waals surface area contributed by atoms with Crippen LogP contribution in [-0.2, 0) is 9.59 Å². The Labute approximate surface area is 97.4 Å². The third-order valence-corrected chi connectivity index (χ3v) is 2.75. The zero-order valence-corrected chi connectivity index (χ0v) is 9.20. The Hall–Kier alpha value is -1.55. The van der Waals surface area contributed by atoms with Crippen LogP contribution in [0.15, 0.2) is 18.2 Å². The molecule has 84 valence electrons. The Morgan fingerprint density at radius 2 is 1.81 bits per heavy atom. The van der Waals surface area contributed by atoms with Crippen LogP contribution < -0.4 is 4.90 Å². The van der Waals surface area contributed by atoms with Crippen molar-refractivity contribution < 1.29 is 14.7 Å². The van der Waals surface area contributed by atoms with E-state index in [1.54, 1.807) is 0 Å². The molecule has 16 heavy (non-hydrogen) atoms. The summed E-state index contributed by atoms with van der Waals surface area (Å²) in [5.41, 5.74) is 0.342. The molecule has 1 aromatic carbocycles. The van der Waals surface area contributed by atoms with Gasteiger partial charge in [0.05, 0.1) is 10.7 Å². The highest BCUT2D eigenvalue weighted by molar-refractivity contribution is 6.35. The lowest BCUT2D eigenvalue weighted by molar-refractivity contribution is -0.129. The van der Waals surface area contributed by atoms with Crippen molar-refractivity contribution in [3.05, 3.63) is 23.2 Å². The maximum Gasteiger partial charge on any atom is 0.233 e. The van der Waals surface area contributed by atoms with Gasteiger partial charge in [0.25, 0.3) is 0 Å². The SMILES string of the molecule is O=C1CCCC(=O)N1c1ccc(O)cc1Cl. The summed E-state index contributed by atoms with van der Waals surface area (Å²) >= 11 is 5.89. The van der Waals surface area contributed by atoms with Gasteiger partial charge in [-0.25, -0.2) is 4.90 Å². The topological polar surface area (TPSA) is 57.6 Å². The van der Waals surface area contributed by atoms with Gasteiger partial charge in [0.2, 0.25) is 11.8 Å². The van der Waals surface area contributed by atoms with Crippen LogP contribution in [0, 0.1) is 0 Å². The number of nitrogens with zero attached hydrogens (tertiary/aromatic N) is 1. The molecule has 0 aromatic heterocycles. The van der Waals surface area contributed by atoms with E-state index in [0.29, 0.717) is 24.9 Å².